The summed E-state index contributed by atoms with van der Waals surface area (Å²) in [4.78, 5) is 14.5. The number of fused-ring (bicyclic) bond motifs is 11. The van der Waals surface area contributed by atoms with Crippen molar-refractivity contribution in [3.05, 3.63) is 194 Å². The summed E-state index contributed by atoms with van der Waals surface area (Å²) in [6, 6.07) is 63.0. The van der Waals surface area contributed by atoms with Gasteiger partial charge in [0.2, 0.25) is 0 Å². The lowest BCUT2D eigenvalue weighted by molar-refractivity contribution is 0.667. The van der Waals surface area contributed by atoms with Crippen LogP contribution in [-0.2, 0) is 0 Å². The van der Waals surface area contributed by atoms with Gasteiger partial charge in [-0.3, -0.25) is 0 Å². The maximum absolute atomic E-state index is 6.72. The summed E-state index contributed by atoms with van der Waals surface area (Å²) in [6.45, 7) is 0. The molecule has 0 bridgehead atoms. The van der Waals surface area contributed by atoms with E-state index in [2.05, 4.69) is 155 Å². The average Bonchev–Trinajstić information content (AvgIpc) is 3.99. The van der Waals surface area contributed by atoms with Gasteiger partial charge in [-0.15, -0.1) is 0 Å². The molecule has 0 amide bonds. The molecule has 0 saturated heterocycles. The SMILES string of the molecule is c1ccc2cc(N(c3ccc4c(c3)oc3ccccc34)c3cnc4c(c3)oc3cc(N(c5ccc6ccccc6c5)c5ccc6c(c5)oc5ccccc56)cnc34)ccc2c1. The first-order chi connectivity index (χ1) is 30.2. The van der Waals surface area contributed by atoms with Gasteiger partial charge in [-0.2, -0.15) is 0 Å². The summed E-state index contributed by atoms with van der Waals surface area (Å²) in [5.41, 5.74) is 11.5. The lowest BCUT2D eigenvalue weighted by Gasteiger charge is -2.25. The monoisotopic (exact) mass is 784 g/mol. The standard InChI is InChI=1S/C54H32N4O3/c1-3-11-35-25-37(19-17-33(35)9-1)57(39-21-23-45-43-13-5-7-15-47(43)59-49(45)27-39)41-29-51-53(55-31-41)54-52(61-51)30-42(32-56-54)58(38-20-18-34-10-2-4-12-36(34)26-38)40-22-24-46-44-14-6-8-16-48(44)60-50(46)28-40/h1-32H. The van der Waals surface area contributed by atoms with Gasteiger partial charge >= 0.3 is 0 Å². The molecule has 13 rings (SSSR count). The van der Waals surface area contributed by atoms with E-state index < -0.39 is 0 Å². The Bertz CT molecular complexity index is 3630. The van der Waals surface area contributed by atoms with Gasteiger partial charge in [0.05, 0.1) is 23.8 Å². The smallest absolute Gasteiger partial charge is 0.157 e. The fourth-order valence-electron chi connectivity index (χ4n) is 8.98. The number of anilines is 6. The van der Waals surface area contributed by atoms with E-state index in [4.69, 9.17) is 23.2 Å². The molecule has 13 aromatic rings. The molecule has 5 aromatic heterocycles. The van der Waals surface area contributed by atoms with E-state index in [0.717, 1.165) is 88.8 Å². The van der Waals surface area contributed by atoms with Gasteiger partial charge in [-0.25, -0.2) is 9.97 Å². The Kier molecular flexibility index (Phi) is 7.17. The first-order valence-electron chi connectivity index (χ1n) is 20.3. The fourth-order valence-corrected chi connectivity index (χ4v) is 8.98. The topological polar surface area (TPSA) is 71.7 Å². The van der Waals surface area contributed by atoms with Crippen molar-refractivity contribution in [2.75, 3.05) is 9.80 Å². The average molecular weight is 785 g/mol. The zero-order chi connectivity index (χ0) is 40.0. The molecule has 286 valence electrons. The molecule has 0 saturated carbocycles. The molecule has 0 aliphatic rings. The van der Waals surface area contributed by atoms with Crippen LogP contribution in [0.4, 0.5) is 34.1 Å². The molecular weight excluding hydrogens is 753 g/mol. The summed E-state index contributed by atoms with van der Waals surface area (Å²) < 4.78 is 19.5. The molecule has 61 heavy (non-hydrogen) atoms. The van der Waals surface area contributed by atoms with Crippen LogP contribution in [-0.4, -0.2) is 9.97 Å². The predicted molar refractivity (Wildman–Crippen MR) is 248 cm³/mol. The Hall–Kier alpha value is -8.42. The zero-order valence-electron chi connectivity index (χ0n) is 32.5. The maximum Gasteiger partial charge on any atom is 0.157 e. The number of para-hydroxylation sites is 2. The van der Waals surface area contributed by atoms with Crippen molar-refractivity contribution < 1.29 is 13.3 Å². The second-order valence-corrected chi connectivity index (χ2v) is 15.5. The third-order valence-corrected chi connectivity index (χ3v) is 11.9. The summed E-state index contributed by atoms with van der Waals surface area (Å²) in [5, 5.41) is 8.94. The highest BCUT2D eigenvalue weighted by Crippen LogP contribution is 2.43. The van der Waals surface area contributed by atoms with E-state index in [0.29, 0.717) is 22.2 Å². The molecule has 8 aromatic carbocycles. The van der Waals surface area contributed by atoms with Crippen LogP contribution in [0.5, 0.6) is 0 Å². The highest BCUT2D eigenvalue weighted by Gasteiger charge is 2.22. The van der Waals surface area contributed by atoms with E-state index in [1.54, 1.807) is 0 Å². The van der Waals surface area contributed by atoms with E-state index >= 15 is 0 Å². The predicted octanol–water partition coefficient (Wildman–Crippen LogP) is 15.4. The summed E-state index contributed by atoms with van der Waals surface area (Å²) in [5.74, 6) is 0. The molecule has 0 spiro atoms. The second kappa shape index (κ2) is 13.0. The first-order valence-corrected chi connectivity index (χ1v) is 20.3. The Morgan fingerprint density at radius 1 is 0.279 bits per heavy atom. The van der Waals surface area contributed by atoms with Crippen LogP contribution >= 0.6 is 0 Å². The molecule has 7 nitrogen and oxygen atoms in total. The van der Waals surface area contributed by atoms with Gasteiger partial charge in [0.25, 0.3) is 0 Å². The number of hydrogen-bond donors (Lipinski definition) is 0. The minimum absolute atomic E-state index is 0.633. The third kappa shape index (κ3) is 5.38. The number of aromatic nitrogens is 2. The minimum Gasteiger partial charge on any atom is -0.456 e. The van der Waals surface area contributed by atoms with Gasteiger partial charge < -0.3 is 23.1 Å². The van der Waals surface area contributed by atoms with Crippen LogP contribution in [0, 0.1) is 0 Å². The molecule has 5 heterocycles. The second-order valence-electron chi connectivity index (χ2n) is 15.5. The van der Waals surface area contributed by atoms with Crippen molar-refractivity contribution in [3.8, 4) is 0 Å². The number of rotatable bonds is 6. The van der Waals surface area contributed by atoms with Crippen molar-refractivity contribution in [2.45, 2.75) is 0 Å². The highest BCUT2D eigenvalue weighted by atomic mass is 16.3. The summed E-state index contributed by atoms with van der Waals surface area (Å²) in [7, 11) is 0. The van der Waals surface area contributed by atoms with Crippen LogP contribution in [0.2, 0.25) is 0 Å². The van der Waals surface area contributed by atoms with E-state index in [-0.39, 0.29) is 0 Å². The zero-order valence-corrected chi connectivity index (χ0v) is 32.5. The van der Waals surface area contributed by atoms with Crippen LogP contribution < -0.4 is 9.80 Å². The third-order valence-electron chi connectivity index (χ3n) is 11.9. The Morgan fingerprint density at radius 2 is 0.639 bits per heavy atom. The number of hydrogen-bond acceptors (Lipinski definition) is 7. The van der Waals surface area contributed by atoms with Crippen molar-refractivity contribution in [3.63, 3.8) is 0 Å². The molecule has 0 aliphatic carbocycles. The van der Waals surface area contributed by atoms with Gasteiger partial charge in [-0.05, 0) is 82.2 Å². The lowest BCUT2D eigenvalue weighted by Crippen LogP contribution is -2.10. The molecule has 0 atom stereocenters. The number of nitrogens with zero attached hydrogens (tertiary/aromatic N) is 4. The molecule has 0 aliphatic heterocycles. The lowest BCUT2D eigenvalue weighted by atomic mass is 10.1. The van der Waals surface area contributed by atoms with Gasteiger partial charge in [-0.1, -0.05) is 97.1 Å². The van der Waals surface area contributed by atoms with Crippen molar-refractivity contribution >= 4 is 122 Å². The molecule has 0 radical (unpaired) electrons. The molecule has 7 heteroatoms. The fraction of sp³-hybridized carbons (Fsp3) is 0. The number of pyridine rings is 2. The maximum atomic E-state index is 6.72. The quantitative estimate of drug-likeness (QED) is 0.166. The van der Waals surface area contributed by atoms with Gasteiger partial charge in [0.15, 0.2) is 11.2 Å². The van der Waals surface area contributed by atoms with Gasteiger partial charge in [0.1, 0.15) is 33.4 Å². The van der Waals surface area contributed by atoms with E-state index in [1.165, 1.54) is 10.8 Å². The minimum atomic E-state index is 0.633. The first kappa shape index (κ1) is 33.5. The molecule has 0 unspecified atom stereocenters. The van der Waals surface area contributed by atoms with Crippen LogP contribution in [0.25, 0.3) is 87.6 Å². The van der Waals surface area contributed by atoms with E-state index in [1.807, 2.05) is 48.8 Å². The highest BCUT2D eigenvalue weighted by molar-refractivity contribution is 6.08. The van der Waals surface area contributed by atoms with Gasteiger partial charge in [0, 0.05) is 68.6 Å². The molecule has 0 fully saturated rings. The van der Waals surface area contributed by atoms with E-state index in [9.17, 15) is 0 Å². The molecule has 0 N–H and O–H groups in total. The van der Waals surface area contributed by atoms with Crippen molar-refractivity contribution in [1.29, 1.82) is 0 Å². The Morgan fingerprint density at radius 3 is 1.13 bits per heavy atom. The van der Waals surface area contributed by atoms with Crippen LogP contribution in [0.1, 0.15) is 0 Å². The number of furan rings is 3. The summed E-state index contributed by atoms with van der Waals surface area (Å²) >= 11 is 0. The summed E-state index contributed by atoms with van der Waals surface area (Å²) in [6.07, 6.45) is 3.80. The number of benzene rings is 8. The largest absolute Gasteiger partial charge is 0.456 e. The van der Waals surface area contributed by atoms with Crippen molar-refractivity contribution in [2.24, 2.45) is 0 Å². The normalized spacial score (nSPS) is 11.9. The van der Waals surface area contributed by atoms with Crippen molar-refractivity contribution in [1.82, 2.24) is 9.97 Å². The van der Waals surface area contributed by atoms with Crippen LogP contribution in [0.15, 0.2) is 208 Å². The molecular formula is C54H32N4O3. The van der Waals surface area contributed by atoms with Crippen LogP contribution in [0.3, 0.4) is 0 Å². The Labute approximate surface area is 347 Å². The Balaban J connectivity index is 0.961.